The van der Waals surface area contributed by atoms with Gasteiger partial charge >= 0.3 is 0 Å². The van der Waals surface area contributed by atoms with E-state index in [1.807, 2.05) is 13.1 Å². The number of hydrogen-bond acceptors (Lipinski definition) is 3. The lowest BCUT2D eigenvalue weighted by Crippen LogP contribution is -2.42. The minimum Gasteiger partial charge on any atom is -0.497 e. The molecule has 0 saturated heterocycles. The largest absolute Gasteiger partial charge is 0.497 e. The molecule has 2 aliphatic heterocycles. The van der Waals surface area contributed by atoms with Gasteiger partial charge in [0.2, 0.25) is 0 Å². The molecule has 3 nitrogen and oxygen atoms in total. The zero-order valence-electron chi connectivity index (χ0n) is 11.4. The van der Waals surface area contributed by atoms with Crippen molar-refractivity contribution in [1.82, 2.24) is 5.32 Å². The third-order valence-electron chi connectivity index (χ3n) is 3.96. The van der Waals surface area contributed by atoms with Gasteiger partial charge in [-0.15, -0.1) is 0 Å². The van der Waals surface area contributed by atoms with Crippen LogP contribution in [0.1, 0.15) is 18.4 Å². The molecule has 19 heavy (non-hydrogen) atoms. The maximum absolute atomic E-state index is 5.89. The van der Waals surface area contributed by atoms with Gasteiger partial charge in [-0.2, -0.15) is 0 Å². The van der Waals surface area contributed by atoms with Crippen LogP contribution in [0.4, 0.5) is 0 Å². The predicted octanol–water partition coefficient (Wildman–Crippen LogP) is 2.52. The molecular formula is C16H21NO2. The molecule has 0 bridgehead atoms. The quantitative estimate of drug-likeness (QED) is 0.905. The fraction of sp³-hybridized carbons (Fsp3) is 0.500. The number of para-hydroxylation sites is 1. The normalized spacial score (nSPS) is 23.6. The van der Waals surface area contributed by atoms with Crippen LogP contribution in [0.15, 0.2) is 36.1 Å². The van der Waals surface area contributed by atoms with Crippen molar-refractivity contribution in [2.24, 2.45) is 5.92 Å². The number of ether oxygens (including phenoxy) is 2. The van der Waals surface area contributed by atoms with Gasteiger partial charge in [0.05, 0.1) is 19.3 Å². The maximum atomic E-state index is 5.89. The molecule has 2 aliphatic rings. The van der Waals surface area contributed by atoms with E-state index in [1.54, 1.807) is 0 Å². The first kappa shape index (κ1) is 12.5. The van der Waals surface area contributed by atoms with Crippen LogP contribution in [0.2, 0.25) is 0 Å². The molecule has 0 spiro atoms. The first-order valence-corrected chi connectivity index (χ1v) is 7.09. The third-order valence-corrected chi connectivity index (χ3v) is 3.96. The number of rotatable bonds is 3. The maximum Gasteiger partial charge on any atom is 0.122 e. The second kappa shape index (κ2) is 5.66. The highest BCUT2D eigenvalue weighted by Crippen LogP contribution is 2.31. The Morgan fingerprint density at radius 3 is 2.95 bits per heavy atom. The van der Waals surface area contributed by atoms with Gasteiger partial charge in [-0.05, 0) is 44.0 Å². The Bertz CT molecular complexity index is 470. The molecule has 1 aromatic carbocycles. The van der Waals surface area contributed by atoms with E-state index in [0.717, 1.165) is 44.0 Å². The van der Waals surface area contributed by atoms with Crippen LogP contribution in [0, 0.1) is 5.92 Å². The summed E-state index contributed by atoms with van der Waals surface area (Å²) in [6.07, 6.45) is 5.52. The van der Waals surface area contributed by atoms with Crippen molar-refractivity contribution in [2.75, 3.05) is 20.3 Å². The van der Waals surface area contributed by atoms with E-state index in [-0.39, 0.29) is 6.04 Å². The van der Waals surface area contributed by atoms with Gasteiger partial charge in [-0.1, -0.05) is 18.2 Å². The molecule has 3 heteroatoms. The standard InChI is InChI=1S/C16H21NO2/c1-17-16(15-8-4-5-9-18-15)13-10-12-6-2-3-7-14(12)19-11-13/h2-3,6-8,13,16-17H,4-5,9-11H2,1H3. The van der Waals surface area contributed by atoms with Crippen molar-refractivity contribution < 1.29 is 9.47 Å². The van der Waals surface area contributed by atoms with E-state index in [1.165, 1.54) is 5.56 Å². The number of likely N-dealkylation sites (N-methyl/N-ethyl adjacent to an activating group) is 1. The molecule has 1 aromatic rings. The smallest absolute Gasteiger partial charge is 0.122 e. The van der Waals surface area contributed by atoms with Gasteiger partial charge in [-0.25, -0.2) is 0 Å². The lowest BCUT2D eigenvalue weighted by Gasteiger charge is -2.33. The monoisotopic (exact) mass is 259 g/mol. The summed E-state index contributed by atoms with van der Waals surface area (Å²) in [5.41, 5.74) is 1.30. The van der Waals surface area contributed by atoms with Crippen molar-refractivity contribution >= 4 is 0 Å². The van der Waals surface area contributed by atoms with E-state index in [9.17, 15) is 0 Å². The van der Waals surface area contributed by atoms with E-state index in [0.29, 0.717) is 5.92 Å². The molecule has 0 radical (unpaired) electrons. The Morgan fingerprint density at radius 1 is 1.26 bits per heavy atom. The van der Waals surface area contributed by atoms with Crippen LogP contribution < -0.4 is 10.1 Å². The molecule has 0 aromatic heterocycles. The van der Waals surface area contributed by atoms with Crippen molar-refractivity contribution in [3.63, 3.8) is 0 Å². The molecule has 2 heterocycles. The third kappa shape index (κ3) is 2.61. The topological polar surface area (TPSA) is 30.5 Å². The summed E-state index contributed by atoms with van der Waals surface area (Å²) in [4.78, 5) is 0. The number of nitrogens with one attached hydrogen (secondary N) is 1. The zero-order valence-corrected chi connectivity index (χ0v) is 11.4. The highest BCUT2D eigenvalue weighted by Gasteiger charge is 2.30. The molecule has 1 N–H and O–H groups in total. The molecule has 3 rings (SSSR count). The van der Waals surface area contributed by atoms with Gasteiger partial charge in [0.15, 0.2) is 0 Å². The second-order valence-corrected chi connectivity index (χ2v) is 5.25. The van der Waals surface area contributed by atoms with Crippen molar-refractivity contribution in [2.45, 2.75) is 25.3 Å². The Morgan fingerprint density at radius 2 is 2.16 bits per heavy atom. The van der Waals surface area contributed by atoms with Crippen LogP contribution in [0.3, 0.4) is 0 Å². The lowest BCUT2D eigenvalue weighted by atomic mass is 9.88. The van der Waals surface area contributed by atoms with Gasteiger partial charge in [0, 0.05) is 5.92 Å². The summed E-state index contributed by atoms with van der Waals surface area (Å²) >= 11 is 0. The first-order valence-electron chi connectivity index (χ1n) is 7.09. The van der Waals surface area contributed by atoms with Crippen LogP contribution in [0.25, 0.3) is 0 Å². The minimum atomic E-state index is 0.258. The van der Waals surface area contributed by atoms with Crippen LogP contribution in [0.5, 0.6) is 5.75 Å². The molecular weight excluding hydrogens is 238 g/mol. The van der Waals surface area contributed by atoms with Crippen molar-refractivity contribution in [1.29, 1.82) is 0 Å². The average molecular weight is 259 g/mol. The summed E-state index contributed by atoms with van der Waals surface area (Å²) in [6, 6.07) is 8.57. The fourth-order valence-electron chi connectivity index (χ4n) is 2.97. The SMILES string of the molecule is CNC(C1=CCCCO1)C1COc2ccccc2C1. The lowest BCUT2D eigenvalue weighted by molar-refractivity contribution is 0.126. The van der Waals surface area contributed by atoms with E-state index in [4.69, 9.17) is 9.47 Å². The summed E-state index contributed by atoms with van der Waals surface area (Å²) in [6.45, 7) is 1.59. The summed E-state index contributed by atoms with van der Waals surface area (Å²) in [7, 11) is 2.00. The highest BCUT2D eigenvalue weighted by molar-refractivity contribution is 5.35. The minimum absolute atomic E-state index is 0.258. The van der Waals surface area contributed by atoms with Gasteiger partial charge < -0.3 is 14.8 Å². The Kier molecular flexibility index (Phi) is 3.74. The average Bonchev–Trinajstić information content (AvgIpc) is 2.49. The van der Waals surface area contributed by atoms with E-state index in [2.05, 4.69) is 29.6 Å². The Labute approximate surface area is 114 Å². The summed E-state index contributed by atoms with van der Waals surface area (Å²) in [5.74, 6) is 2.57. The molecule has 0 amide bonds. The molecule has 0 saturated carbocycles. The molecule has 102 valence electrons. The molecule has 0 fully saturated rings. The first-order chi connectivity index (χ1) is 9.38. The number of allylic oxidation sites excluding steroid dienone is 1. The zero-order chi connectivity index (χ0) is 13.1. The van der Waals surface area contributed by atoms with E-state index >= 15 is 0 Å². The number of benzene rings is 1. The molecule has 2 unspecified atom stereocenters. The van der Waals surface area contributed by atoms with Crippen molar-refractivity contribution in [3.8, 4) is 5.75 Å². The summed E-state index contributed by atoms with van der Waals surface area (Å²) < 4.78 is 11.7. The molecule has 0 aliphatic carbocycles. The van der Waals surface area contributed by atoms with Crippen molar-refractivity contribution in [3.05, 3.63) is 41.7 Å². The number of fused-ring (bicyclic) bond motifs is 1. The van der Waals surface area contributed by atoms with Gasteiger partial charge in [0.25, 0.3) is 0 Å². The second-order valence-electron chi connectivity index (χ2n) is 5.25. The molecule has 2 atom stereocenters. The van der Waals surface area contributed by atoms with E-state index < -0.39 is 0 Å². The Hall–Kier alpha value is -1.48. The van der Waals surface area contributed by atoms with Gasteiger partial charge in [0.1, 0.15) is 11.5 Å². The number of hydrogen-bond donors (Lipinski definition) is 1. The highest BCUT2D eigenvalue weighted by atomic mass is 16.5. The predicted molar refractivity (Wildman–Crippen MR) is 75.2 cm³/mol. The summed E-state index contributed by atoms with van der Waals surface area (Å²) in [5, 5.41) is 3.40. The van der Waals surface area contributed by atoms with Crippen LogP contribution >= 0.6 is 0 Å². The Balaban J connectivity index is 1.77. The van der Waals surface area contributed by atoms with Crippen LogP contribution in [-0.4, -0.2) is 26.3 Å². The van der Waals surface area contributed by atoms with Crippen LogP contribution in [-0.2, 0) is 11.2 Å². The van der Waals surface area contributed by atoms with Gasteiger partial charge in [-0.3, -0.25) is 0 Å². The fourth-order valence-corrected chi connectivity index (χ4v) is 2.97.